The summed E-state index contributed by atoms with van der Waals surface area (Å²) in [6.45, 7) is 0. The van der Waals surface area contributed by atoms with Crippen LogP contribution in [0.3, 0.4) is 0 Å². The molecule has 0 spiro atoms. The molecule has 1 aliphatic heterocycles. The molecule has 1 saturated heterocycles. The number of halogens is 1. The fourth-order valence-electron chi connectivity index (χ4n) is 1.59. The Bertz CT molecular complexity index is 493. The molecule has 1 fully saturated rings. The molecule has 18 heavy (non-hydrogen) atoms. The Labute approximate surface area is 102 Å². The van der Waals surface area contributed by atoms with Crippen molar-refractivity contribution in [3.05, 3.63) is 12.0 Å². The molecule has 8 heteroatoms. The van der Waals surface area contributed by atoms with Crippen LogP contribution < -0.4 is 16.0 Å². The summed E-state index contributed by atoms with van der Waals surface area (Å²) in [4.78, 5) is 30.0. The second-order valence-electron chi connectivity index (χ2n) is 3.79. The van der Waals surface area contributed by atoms with Gasteiger partial charge in [-0.15, -0.1) is 0 Å². The first kappa shape index (κ1) is 12.2. The number of carbonyl (C=O) groups excluding carboxylic acids is 2. The molecule has 7 nitrogen and oxygen atoms in total. The van der Waals surface area contributed by atoms with Crippen LogP contribution >= 0.6 is 0 Å². The molecular weight excluding hydrogens is 241 g/mol. The summed E-state index contributed by atoms with van der Waals surface area (Å²) in [5.41, 5.74) is 0. The zero-order valence-electron chi connectivity index (χ0n) is 9.66. The summed E-state index contributed by atoms with van der Waals surface area (Å²) in [6.07, 6.45) is 1.53. The van der Waals surface area contributed by atoms with Crippen molar-refractivity contribution in [2.24, 2.45) is 0 Å². The van der Waals surface area contributed by atoms with Crippen LogP contribution in [0.4, 0.5) is 16.2 Å². The van der Waals surface area contributed by atoms with Gasteiger partial charge in [0.2, 0.25) is 17.8 Å². The molecule has 0 saturated carbocycles. The zero-order valence-corrected chi connectivity index (χ0v) is 9.66. The van der Waals surface area contributed by atoms with Gasteiger partial charge in [0.1, 0.15) is 6.04 Å². The van der Waals surface area contributed by atoms with E-state index >= 15 is 0 Å². The van der Waals surface area contributed by atoms with E-state index in [-0.39, 0.29) is 24.1 Å². The summed E-state index contributed by atoms with van der Waals surface area (Å²) in [6, 6.07) is -0.670. The second-order valence-corrected chi connectivity index (χ2v) is 3.79. The van der Waals surface area contributed by atoms with Crippen molar-refractivity contribution in [1.82, 2.24) is 15.3 Å². The van der Waals surface area contributed by atoms with E-state index < -0.39 is 17.8 Å². The van der Waals surface area contributed by atoms with Gasteiger partial charge in [0.15, 0.2) is 11.6 Å². The lowest BCUT2D eigenvalue weighted by Gasteiger charge is -2.22. The predicted molar refractivity (Wildman–Crippen MR) is 61.3 cm³/mol. The first-order chi connectivity index (χ1) is 8.60. The molecule has 2 amide bonds. The minimum Gasteiger partial charge on any atom is -0.357 e. The number of aromatic nitrogens is 2. The SMILES string of the molecule is CNc1ncc(F)c(NC2CCC(=O)NC2=O)n1. The highest BCUT2D eigenvalue weighted by molar-refractivity contribution is 6.01. The van der Waals surface area contributed by atoms with Crippen LogP contribution in [0.1, 0.15) is 12.8 Å². The zero-order chi connectivity index (χ0) is 13.1. The number of nitrogens with one attached hydrogen (secondary N) is 3. The topological polar surface area (TPSA) is 96.0 Å². The molecule has 1 aromatic rings. The van der Waals surface area contributed by atoms with Crippen molar-refractivity contribution in [1.29, 1.82) is 0 Å². The van der Waals surface area contributed by atoms with Gasteiger partial charge in [0.05, 0.1) is 6.20 Å². The molecule has 0 radical (unpaired) electrons. The van der Waals surface area contributed by atoms with Crippen LogP contribution in [0.5, 0.6) is 0 Å². The maximum atomic E-state index is 13.5. The Hall–Kier alpha value is -2.25. The standard InChI is InChI=1S/C10H12FN5O2/c1-12-10-13-4-5(11)8(16-10)14-6-2-3-7(17)15-9(6)18/h4,6H,2-3H2,1H3,(H,15,17,18)(H2,12,13,14,16). The van der Waals surface area contributed by atoms with Gasteiger partial charge < -0.3 is 10.6 Å². The number of hydrogen-bond acceptors (Lipinski definition) is 6. The van der Waals surface area contributed by atoms with Gasteiger partial charge in [-0.3, -0.25) is 14.9 Å². The molecule has 3 N–H and O–H groups in total. The van der Waals surface area contributed by atoms with E-state index in [9.17, 15) is 14.0 Å². The van der Waals surface area contributed by atoms with E-state index in [1.807, 2.05) is 0 Å². The number of anilines is 2. The summed E-state index contributed by atoms with van der Waals surface area (Å²) in [5.74, 6) is -1.28. The number of amides is 2. The van der Waals surface area contributed by atoms with Crippen LogP contribution in [-0.2, 0) is 9.59 Å². The van der Waals surface area contributed by atoms with E-state index in [0.29, 0.717) is 6.42 Å². The molecular formula is C10H12FN5O2. The third-order valence-electron chi connectivity index (χ3n) is 2.52. The smallest absolute Gasteiger partial charge is 0.249 e. The number of hydrogen-bond donors (Lipinski definition) is 3. The molecule has 0 bridgehead atoms. The van der Waals surface area contributed by atoms with Crippen molar-refractivity contribution in [3.63, 3.8) is 0 Å². The number of piperidine rings is 1. The van der Waals surface area contributed by atoms with Crippen LogP contribution in [0.25, 0.3) is 0 Å². The summed E-state index contributed by atoms with van der Waals surface area (Å²) < 4.78 is 13.5. The minimum atomic E-state index is -0.670. The van der Waals surface area contributed by atoms with Crippen LogP contribution in [0.15, 0.2) is 6.20 Å². The van der Waals surface area contributed by atoms with E-state index in [0.717, 1.165) is 6.20 Å². The highest BCUT2D eigenvalue weighted by Crippen LogP contribution is 2.16. The number of carbonyl (C=O) groups is 2. The Morgan fingerprint density at radius 1 is 1.50 bits per heavy atom. The van der Waals surface area contributed by atoms with Gasteiger partial charge in [-0.05, 0) is 6.42 Å². The first-order valence-electron chi connectivity index (χ1n) is 5.40. The lowest BCUT2D eigenvalue weighted by molar-refractivity contribution is -0.133. The number of imide groups is 1. The molecule has 0 aliphatic carbocycles. The second kappa shape index (κ2) is 4.94. The molecule has 1 atom stereocenters. The van der Waals surface area contributed by atoms with Crippen LogP contribution in [0, 0.1) is 5.82 Å². The highest BCUT2D eigenvalue weighted by atomic mass is 19.1. The quantitative estimate of drug-likeness (QED) is 0.650. The first-order valence-corrected chi connectivity index (χ1v) is 5.40. The Kier molecular flexibility index (Phi) is 3.35. The molecule has 0 aromatic carbocycles. The van der Waals surface area contributed by atoms with Crippen molar-refractivity contribution in [2.45, 2.75) is 18.9 Å². The summed E-state index contributed by atoms with van der Waals surface area (Å²) >= 11 is 0. The normalized spacial score (nSPS) is 19.3. The van der Waals surface area contributed by atoms with Crippen LogP contribution in [-0.4, -0.2) is 34.9 Å². The Morgan fingerprint density at radius 2 is 2.28 bits per heavy atom. The van der Waals surface area contributed by atoms with Crippen LogP contribution in [0.2, 0.25) is 0 Å². The van der Waals surface area contributed by atoms with E-state index in [2.05, 4.69) is 25.9 Å². The molecule has 2 heterocycles. The monoisotopic (exact) mass is 253 g/mol. The average molecular weight is 253 g/mol. The molecule has 1 aliphatic rings. The van der Waals surface area contributed by atoms with Gasteiger partial charge in [-0.25, -0.2) is 9.37 Å². The minimum absolute atomic E-state index is 0.0659. The highest BCUT2D eigenvalue weighted by Gasteiger charge is 2.27. The van der Waals surface area contributed by atoms with E-state index in [4.69, 9.17) is 0 Å². The van der Waals surface area contributed by atoms with Crippen molar-refractivity contribution >= 4 is 23.6 Å². The molecule has 1 aromatic heterocycles. The number of rotatable bonds is 3. The van der Waals surface area contributed by atoms with Crippen molar-refractivity contribution in [3.8, 4) is 0 Å². The third kappa shape index (κ3) is 2.53. The lowest BCUT2D eigenvalue weighted by atomic mass is 10.1. The summed E-state index contributed by atoms with van der Waals surface area (Å²) in [5, 5.41) is 7.51. The molecule has 1 unspecified atom stereocenters. The van der Waals surface area contributed by atoms with Gasteiger partial charge in [0, 0.05) is 13.5 Å². The Balaban J connectivity index is 2.13. The lowest BCUT2D eigenvalue weighted by Crippen LogP contribution is -2.47. The molecule has 96 valence electrons. The van der Waals surface area contributed by atoms with Gasteiger partial charge >= 0.3 is 0 Å². The maximum Gasteiger partial charge on any atom is 0.249 e. The van der Waals surface area contributed by atoms with Gasteiger partial charge in [0.25, 0.3) is 0 Å². The third-order valence-corrected chi connectivity index (χ3v) is 2.52. The molecule has 2 rings (SSSR count). The van der Waals surface area contributed by atoms with Gasteiger partial charge in [-0.1, -0.05) is 0 Å². The Morgan fingerprint density at radius 3 is 2.94 bits per heavy atom. The van der Waals surface area contributed by atoms with Crippen molar-refractivity contribution in [2.75, 3.05) is 17.7 Å². The number of nitrogens with zero attached hydrogens (tertiary/aromatic N) is 2. The summed E-state index contributed by atoms with van der Waals surface area (Å²) in [7, 11) is 1.60. The fraction of sp³-hybridized carbons (Fsp3) is 0.400. The van der Waals surface area contributed by atoms with E-state index in [1.165, 1.54) is 0 Å². The van der Waals surface area contributed by atoms with Crippen molar-refractivity contribution < 1.29 is 14.0 Å². The average Bonchev–Trinajstić information content (AvgIpc) is 2.35. The van der Waals surface area contributed by atoms with E-state index in [1.54, 1.807) is 7.05 Å². The largest absolute Gasteiger partial charge is 0.357 e. The maximum absolute atomic E-state index is 13.5. The fourth-order valence-corrected chi connectivity index (χ4v) is 1.59. The van der Waals surface area contributed by atoms with Gasteiger partial charge in [-0.2, -0.15) is 4.98 Å². The predicted octanol–water partition coefficient (Wildman–Crippen LogP) is -0.126.